The Morgan fingerprint density at radius 2 is 1.77 bits per heavy atom. The minimum absolute atomic E-state index is 0.116. The summed E-state index contributed by atoms with van der Waals surface area (Å²) in [5, 5.41) is 21.6. The Balaban J connectivity index is 1.27. The quantitative estimate of drug-likeness (QED) is 0.423. The maximum Gasteiger partial charge on any atom is 0.339 e. The van der Waals surface area contributed by atoms with Crippen LogP contribution in [-0.2, 0) is 20.9 Å². The molecule has 2 aromatic rings. The zero-order chi connectivity index (χ0) is 30.6. The lowest BCUT2D eigenvalue weighted by Gasteiger charge is -2.61. The maximum absolute atomic E-state index is 16.7. The molecule has 0 bridgehead atoms. The van der Waals surface area contributed by atoms with Gasteiger partial charge in [0.2, 0.25) is 11.6 Å². The number of ether oxygens (including phenoxy) is 2. The molecule has 8 heteroatoms. The van der Waals surface area contributed by atoms with Gasteiger partial charge in [0.15, 0.2) is 11.4 Å². The van der Waals surface area contributed by atoms with E-state index in [1.807, 2.05) is 37.3 Å². The number of allylic oxidation sites excluding steroid dienone is 4. The highest BCUT2D eigenvalue weighted by Crippen LogP contribution is 2.70. The Labute approximate surface area is 250 Å². The number of hydrogen-bond donors (Lipinski definition) is 2. The third-order valence-corrected chi connectivity index (χ3v) is 10.8. The summed E-state index contributed by atoms with van der Waals surface area (Å²) in [6.07, 6.45) is 5.93. The lowest BCUT2D eigenvalue weighted by molar-refractivity contribution is -0.261. The molecular formula is C35H37FO7. The number of rotatable bonds is 7. The molecule has 0 amide bonds. The van der Waals surface area contributed by atoms with Crippen LogP contribution in [0.5, 0.6) is 5.75 Å². The molecule has 0 aliphatic heterocycles. The van der Waals surface area contributed by atoms with Gasteiger partial charge in [-0.05, 0) is 79.5 Å². The highest BCUT2D eigenvalue weighted by Gasteiger charge is 2.74. The van der Waals surface area contributed by atoms with Gasteiger partial charge in [0, 0.05) is 23.2 Å². The molecule has 0 radical (unpaired) electrons. The number of halogens is 1. The molecule has 226 valence electrons. The molecule has 43 heavy (non-hydrogen) atoms. The van der Waals surface area contributed by atoms with Crippen molar-refractivity contribution in [1.82, 2.24) is 0 Å². The number of carbonyl (C=O) groups is 3. The number of aliphatic hydroxyl groups excluding tert-OH is 1. The van der Waals surface area contributed by atoms with Crippen LogP contribution in [0.4, 0.5) is 4.39 Å². The van der Waals surface area contributed by atoms with E-state index in [0.29, 0.717) is 31.6 Å². The minimum atomic E-state index is -2.72. The van der Waals surface area contributed by atoms with E-state index >= 15 is 4.39 Å². The van der Waals surface area contributed by atoms with Crippen LogP contribution in [-0.4, -0.2) is 45.8 Å². The fraction of sp³-hybridized carbons (Fsp3) is 0.457. The predicted octanol–water partition coefficient (Wildman–Crippen LogP) is 5.30. The third-order valence-electron chi connectivity index (χ3n) is 10.8. The van der Waals surface area contributed by atoms with Gasteiger partial charge in [-0.15, -0.1) is 0 Å². The zero-order valence-electron chi connectivity index (χ0n) is 24.4. The molecule has 0 saturated heterocycles. The Hall–Kier alpha value is -3.62. The van der Waals surface area contributed by atoms with Gasteiger partial charge in [0.1, 0.15) is 19.0 Å². The molecule has 2 aromatic carbocycles. The maximum atomic E-state index is 16.7. The predicted molar refractivity (Wildman–Crippen MR) is 156 cm³/mol. The van der Waals surface area contributed by atoms with E-state index in [9.17, 15) is 24.6 Å². The number of alkyl halides is 1. The summed E-state index contributed by atoms with van der Waals surface area (Å²) >= 11 is 0. The van der Waals surface area contributed by atoms with Gasteiger partial charge in [-0.1, -0.05) is 55.8 Å². The molecule has 0 aromatic heterocycles. The molecule has 3 saturated carbocycles. The molecule has 1 unspecified atom stereocenters. The SMILES string of the molecule is C[C@]12C=CC(=O)C=C1CC[C@@H]1[C@@H]2C(O)(F)C[C@@]2(C)[C@H]1CC[C@@]2(OC(=O)c1ccc(OCc2ccccc2)cc1)C(=O)CO. The van der Waals surface area contributed by atoms with Gasteiger partial charge in [-0.2, -0.15) is 0 Å². The van der Waals surface area contributed by atoms with Crippen molar-refractivity contribution in [1.29, 1.82) is 0 Å². The summed E-state index contributed by atoms with van der Waals surface area (Å²) in [4.78, 5) is 39.2. The topological polar surface area (TPSA) is 110 Å². The minimum Gasteiger partial charge on any atom is -0.489 e. The van der Waals surface area contributed by atoms with Crippen molar-refractivity contribution in [3.05, 3.63) is 89.5 Å². The van der Waals surface area contributed by atoms with E-state index in [2.05, 4.69) is 0 Å². The van der Waals surface area contributed by atoms with Crippen LogP contribution < -0.4 is 4.74 Å². The van der Waals surface area contributed by atoms with Gasteiger partial charge in [-0.3, -0.25) is 9.59 Å². The number of benzene rings is 2. The van der Waals surface area contributed by atoms with Gasteiger partial charge < -0.3 is 19.7 Å². The summed E-state index contributed by atoms with van der Waals surface area (Å²) in [6.45, 7) is 3.05. The second-order valence-electron chi connectivity index (χ2n) is 13.0. The highest BCUT2D eigenvalue weighted by molar-refractivity contribution is 6.01. The molecule has 7 atom stereocenters. The van der Waals surface area contributed by atoms with E-state index in [0.717, 1.165) is 11.1 Å². The molecule has 4 aliphatic carbocycles. The molecule has 0 spiro atoms. The fourth-order valence-electron chi connectivity index (χ4n) is 8.84. The molecular weight excluding hydrogens is 551 g/mol. The van der Waals surface area contributed by atoms with E-state index < -0.39 is 53.0 Å². The first-order valence-electron chi connectivity index (χ1n) is 14.9. The molecule has 3 fully saturated rings. The van der Waals surface area contributed by atoms with E-state index in [-0.39, 0.29) is 29.6 Å². The Morgan fingerprint density at radius 1 is 1.05 bits per heavy atom. The number of fused-ring (bicyclic) bond motifs is 5. The Bertz CT molecular complexity index is 1500. The smallest absolute Gasteiger partial charge is 0.339 e. The highest BCUT2D eigenvalue weighted by atomic mass is 19.2. The van der Waals surface area contributed by atoms with E-state index in [4.69, 9.17) is 9.47 Å². The number of esters is 1. The monoisotopic (exact) mass is 588 g/mol. The number of hydrogen-bond acceptors (Lipinski definition) is 7. The van der Waals surface area contributed by atoms with Crippen LogP contribution >= 0.6 is 0 Å². The molecule has 4 aliphatic rings. The number of Topliss-reactive ketones (excluding diaryl/α,β-unsaturated/α-hetero) is 1. The second kappa shape index (κ2) is 10.5. The van der Waals surface area contributed by atoms with E-state index in [1.54, 1.807) is 43.3 Å². The van der Waals surface area contributed by atoms with Gasteiger partial charge in [0.25, 0.3) is 0 Å². The average molecular weight is 589 g/mol. The van der Waals surface area contributed by atoms with Crippen molar-refractivity contribution in [2.75, 3.05) is 6.61 Å². The van der Waals surface area contributed by atoms with Crippen LogP contribution in [0.2, 0.25) is 0 Å². The first-order chi connectivity index (χ1) is 20.4. The lowest BCUT2D eigenvalue weighted by atomic mass is 9.45. The molecule has 2 N–H and O–H groups in total. The van der Waals surface area contributed by atoms with Crippen LogP contribution in [0.3, 0.4) is 0 Å². The molecule has 7 nitrogen and oxygen atoms in total. The van der Waals surface area contributed by atoms with Crippen molar-refractivity contribution in [3.8, 4) is 5.75 Å². The second-order valence-corrected chi connectivity index (χ2v) is 13.0. The summed E-state index contributed by atoms with van der Waals surface area (Å²) in [5.41, 5.74) is -1.95. The summed E-state index contributed by atoms with van der Waals surface area (Å²) < 4.78 is 28.6. The summed E-state index contributed by atoms with van der Waals surface area (Å²) in [5.74, 6) is -5.20. The van der Waals surface area contributed by atoms with Gasteiger partial charge in [0.05, 0.1) is 5.56 Å². The Morgan fingerprint density at radius 3 is 2.47 bits per heavy atom. The normalized spacial score (nSPS) is 36.2. The van der Waals surface area contributed by atoms with E-state index in [1.165, 1.54) is 6.08 Å². The zero-order valence-corrected chi connectivity index (χ0v) is 24.4. The first-order valence-corrected chi connectivity index (χ1v) is 14.9. The third kappa shape index (κ3) is 4.66. The number of ketones is 2. The lowest BCUT2D eigenvalue weighted by Crippen LogP contribution is -2.65. The van der Waals surface area contributed by atoms with Crippen molar-refractivity contribution in [2.24, 2.45) is 28.6 Å². The fourth-order valence-corrected chi connectivity index (χ4v) is 8.84. The summed E-state index contributed by atoms with van der Waals surface area (Å²) in [6, 6.07) is 16.0. The van der Waals surface area contributed by atoms with Crippen molar-refractivity contribution in [3.63, 3.8) is 0 Å². The Kier molecular flexibility index (Phi) is 7.21. The standard InChI is InChI=1S/C35H37FO7/c1-32-16-14-25(38)18-24(32)10-13-27-28-15-17-34(29(39)19-37,33(28,2)21-35(36,41)30(27)32)43-31(40)23-8-11-26(12-9-23)42-20-22-6-4-3-5-7-22/h3-9,11-12,14,16,18,27-28,30,37,41H,10,13,15,17,19-21H2,1-2H3/t27-,28-,30-,32-,33-,34+,35?/m0/s1. The molecule has 6 rings (SSSR count). The first kappa shape index (κ1) is 29.5. The molecule has 0 heterocycles. The van der Waals surface area contributed by atoms with Crippen molar-refractivity contribution in [2.45, 2.75) is 64.0 Å². The summed E-state index contributed by atoms with van der Waals surface area (Å²) in [7, 11) is 0. The van der Waals surface area contributed by atoms with Crippen molar-refractivity contribution >= 4 is 17.5 Å². The van der Waals surface area contributed by atoms with Crippen LogP contribution in [0.15, 0.2) is 78.4 Å². The average Bonchev–Trinajstić information content (AvgIpc) is 3.27. The van der Waals surface area contributed by atoms with Gasteiger partial charge in [-0.25, -0.2) is 9.18 Å². The van der Waals surface area contributed by atoms with Crippen LogP contribution in [0, 0.1) is 28.6 Å². The van der Waals surface area contributed by atoms with Crippen molar-refractivity contribution < 1.29 is 38.5 Å². The van der Waals surface area contributed by atoms with Gasteiger partial charge >= 0.3 is 5.97 Å². The number of aliphatic hydroxyl groups is 2. The number of carbonyl (C=O) groups excluding carboxylic acids is 3. The van der Waals surface area contributed by atoms with Crippen LogP contribution in [0.25, 0.3) is 0 Å². The largest absolute Gasteiger partial charge is 0.489 e. The van der Waals surface area contributed by atoms with Crippen LogP contribution in [0.1, 0.15) is 61.9 Å².